The van der Waals surface area contributed by atoms with Crippen LogP contribution in [-0.4, -0.2) is 5.71 Å². The third-order valence-corrected chi connectivity index (χ3v) is 4.95. The van der Waals surface area contributed by atoms with E-state index in [4.69, 9.17) is 4.99 Å². The maximum absolute atomic E-state index is 13.8. The molecule has 2 heteroatoms. The van der Waals surface area contributed by atoms with Crippen LogP contribution in [0.4, 0.5) is 10.1 Å². The molecule has 0 aromatic heterocycles. The highest BCUT2D eigenvalue weighted by atomic mass is 19.1. The van der Waals surface area contributed by atoms with E-state index < -0.39 is 5.41 Å². The molecular formula is C22H14FN. The van der Waals surface area contributed by atoms with E-state index in [0.29, 0.717) is 0 Å². The van der Waals surface area contributed by atoms with Crippen LogP contribution < -0.4 is 0 Å². The Hall–Kier alpha value is -3.00. The summed E-state index contributed by atoms with van der Waals surface area (Å²) in [6.07, 6.45) is 4.35. The van der Waals surface area contributed by atoms with Gasteiger partial charge in [-0.1, -0.05) is 72.8 Å². The number of allylic oxidation sites excluding steroid dienone is 1. The molecule has 0 saturated carbocycles. The SMILES string of the molecule is Fc1ccc2c(c1)N=C1c3ccccc3C=C[C@@]12c1ccccc1. The van der Waals surface area contributed by atoms with Gasteiger partial charge in [-0.25, -0.2) is 4.39 Å². The lowest BCUT2D eigenvalue weighted by atomic mass is 9.67. The molecular weight excluding hydrogens is 297 g/mol. The largest absolute Gasteiger partial charge is 0.251 e. The van der Waals surface area contributed by atoms with Gasteiger partial charge < -0.3 is 0 Å². The highest BCUT2D eigenvalue weighted by Crippen LogP contribution is 2.50. The molecule has 1 atom stereocenters. The zero-order chi connectivity index (χ0) is 16.1. The summed E-state index contributed by atoms with van der Waals surface area (Å²) in [4.78, 5) is 4.85. The van der Waals surface area contributed by atoms with Crippen molar-refractivity contribution >= 4 is 17.5 Å². The van der Waals surface area contributed by atoms with E-state index in [2.05, 4.69) is 36.4 Å². The standard InChI is InChI=1S/C22H14FN/c23-17-10-11-19-20(14-17)24-21-18-9-5-4-6-15(18)12-13-22(19,21)16-7-2-1-3-8-16/h1-14H/t22-/m0/s1. The summed E-state index contributed by atoms with van der Waals surface area (Å²) in [6.45, 7) is 0. The Morgan fingerprint density at radius 1 is 0.833 bits per heavy atom. The number of aliphatic imine (C=N–C) groups is 1. The van der Waals surface area contributed by atoms with Gasteiger partial charge in [0, 0.05) is 5.56 Å². The van der Waals surface area contributed by atoms with Crippen LogP contribution in [0.25, 0.3) is 6.08 Å². The van der Waals surface area contributed by atoms with E-state index in [1.807, 2.05) is 36.4 Å². The summed E-state index contributed by atoms with van der Waals surface area (Å²) >= 11 is 0. The molecule has 0 unspecified atom stereocenters. The molecule has 0 radical (unpaired) electrons. The molecule has 114 valence electrons. The van der Waals surface area contributed by atoms with Crippen LogP contribution in [-0.2, 0) is 5.41 Å². The summed E-state index contributed by atoms with van der Waals surface area (Å²) in [7, 11) is 0. The third kappa shape index (κ3) is 1.65. The Morgan fingerprint density at radius 3 is 2.50 bits per heavy atom. The molecule has 0 amide bonds. The fourth-order valence-electron chi connectivity index (χ4n) is 3.87. The van der Waals surface area contributed by atoms with Crippen molar-refractivity contribution in [3.05, 3.63) is 107 Å². The quantitative estimate of drug-likeness (QED) is 0.580. The molecule has 24 heavy (non-hydrogen) atoms. The highest BCUT2D eigenvalue weighted by molar-refractivity contribution is 6.19. The van der Waals surface area contributed by atoms with E-state index in [9.17, 15) is 4.39 Å². The van der Waals surface area contributed by atoms with Crippen molar-refractivity contribution in [3.8, 4) is 0 Å². The van der Waals surface area contributed by atoms with Crippen molar-refractivity contribution < 1.29 is 4.39 Å². The summed E-state index contributed by atoms with van der Waals surface area (Å²) in [5.74, 6) is -0.253. The first-order valence-electron chi connectivity index (χ1n) is 8.02. The van der Waals surface area contributed by atoms with Crippen LogP contribution in [0.15, 0.2) is 83.9 Å². The Morgan fingerprint density at radius 2 is 1.62 bits per heavy atom. The lowest BCUT2D eigenvalue weighted by Crippen LogP contribution is -2.35. The number of hydrogen-bond donors (Lipinski definition) is 0. The zero-order valence-corrected chi connectivity index (χ0v) is 12.9. The minimum Gasteiger partial charge on any atom is -0.251 e. The molecule has 1 nitrogen and oxygen atoms in total. The van der Waals surface area contributed by atoms with Crippen molar-refractivity contribution in [2.45, 2.75) is 5.41 Å². The van der Waals surface area contributed by atoms with Gasteiger partial charge >= 0.3 is 0 Å². The van der Waals surface area contributed by atoms with E-state index >= 15 is 0 Å². The smallest absolute Gasteiger partial charge is 0.125 e. The first-order valence-corrected chi connectivity index (χ1v) is 8.02. The van der Waals surface area contributed by atoms with Gasteiger partial charge in [-0.3, -0.25) is 4.99 Å². The number of nitrogens with zero attached hydrogens (tertiary/aromatic N) is 1. The topological polar surface area (TPSA) is 12.4 Å². The third-order valence-electron chi connectivity index (χ3n) is 4.95. The fraction of sp³-hybridized carbons (Fsp3) is 0.0455. The van der Waals surface area contributed by atoms with Crippen LogP contribution in [0, 0.1) is 5.82 Å². The average molecular weight is 311 g/mol. The minimum absolute atomic E-state index is 0.253. The van der Waals surface area contributed by atoms with Crippen molar-refractivity contribution in [2.24, 2.45) is 4.99 Å². The Bertz CT molecular complexity index is 1020. The van der Waals surface area contributed by atoms with Gasteiger partial charge in [0.15, 0.2) is 0 Å². The van der Waals surface area contributed by atoms with Gasteiger partial charge in [0.25, 0.3) is 0 Å². The number of fused-ring (bicyclic) bond motifs is 5. The number of benzene rings is 3. The van der Waals surface area contributed by atoms with Crippen molar-refractivity contribution in [3.63, 3.8) is 0 Å². The van der Waals surface area contributed by atoms with Crippen LogP contribution in [0.5, 0.6) is 0 Å². The van der Waals surface area contributed by atoms with Crippen LogP contribution >= 0.6 is 0 Å². The fourth-order valence-corrected chi connectivity index (χ4v) is 3.87. The van der Waals surface area contributed by atoms with Gasteiger partial charge in [-0.05, 0) is 28.8 Å². The molecule has 5 rings (SSSR count). The second kappa shape index (κ2) is 4.75. The van der Waals surface area contributed by atoms with Crippen LogP contribution in [0.2, 0.25) is 0 Å². The normalized spacial score (nSPS) is 20.1. The van der Waals surface area contributed by atoms with E-state index in [-0.39, 0.29) is 5.82 Å². The summed E-state index contributed by atoms with van der Waals surface area (Å²) in [6, 6.07) is 23.5. The molecule has 3 aromatic carbocycles. The van der Waals surface area contributed by atoms with Gasteiger partial charge in [0.05, 0.1) is 16.8 Å². The Kier molecular flexibility index (Phi) is 2.66. The second-order valence-electron chi connectivity index (χ2n) is 6.22. The number of hydrogen-bond acceptors (Lipinski definition) is 1. The van der Waals surface area contributed by atoms with Crippen molar-refractivity contribution in [1.29, 1.82) is 0 Å². The summed E-state index contributed by atoms with van der Waals surface area (Å²) in [5.41, 5.74) is 5.70. The first kappa shape index (κ1) is 13.4. The number of rotatable bonds is 1. The molecule has 0 fully saturated rings. The molecule has 1 aliphatic heterocycles. The Balaban J connectivity index is 1.88. The lowest BCUT2D eigenvalue weighted by molar-refractivity contribution is 0.627. The van der Waals surface area contributed by atoms with Gasteiger partial charge in [0.1, 0.15) is 5.82 Å². The molecule has 3 aromatic rings. The lowest BCUT2D eigenvalue weighted by Gasteiger charge is -2.33. The molecule has 1 aliphatic carbocycles. The molecule has 0 saturated heterocycles. The predicted molar refractivity (Wildman–Crippen MR) is 95.3 cm³/mol. The zero-order valence-electron chi connectivity index (χ0n) is 12.9. The molecule has 1 heterocycles. The summed E-state index contributed by atoms with van der Waals surface area (Å²) in [5, 5.41) is 0. The van der Waals surface area contributed by atoms with E-state index in [0.717, 1.165) is 33.7 Å². The first-order chi connectivity index (χ1) is 11.8. The van der Waals surface area contributed by atoms with Crippen LogP contribution in [0.3, 0.4) is 0 Å². The maximum atomic E-state index is 13.8. The van der Waals surface area contributed by atoms with Crippen molar-refractivity contribution in [2.75, 3.05) is 0 Å². The molecule has 0 bridgehead atoms. The molecule has 0 N–H and O–H groups in total. The monoisotopic (exact) mass is 311 g/mol. The highest BCUT2D eigenvalue weighted by Gasteiger charge is 2.45. The molecule has 2 aliphatic rings. The predicted octanol–water partition coefficient (Wildman–Crippen LogP) is 5.27. The maximum Gasteiger partial charge on any atom is 0.125 e. The van der Waals surface area contributed by atoms with Crippen LogP contribution in [0.1, 0.15) is 22.3 Å². The van der Waals surface area contributed by atoms with Crippen molar-refractivity contribution in [1.82, 2.24) is 0 Å². The summed E-state index contributed by atoms with van der Waals surface area (Å²) < 4.78 is 13.8. The van der Waals surface area contributed by atoms with E-state index in [1.54, 1.807) is 0 Å². The second-order valence-corrected chi connectivity index (χ2v) is 6.22. The van der Waals surface area contributed by atoms with E-state index in [1.165, 1.54) is 12.1 Å². The number of halogens is 1. The Labute approximate surface area is 139 Å². The minimum atomic E-state index is -0.446. The van der Waals surface area contributed by atoms with Gasteiger partial charge in [-0.15, -0.1) is 0 Å². The molecule has 0 spiro atoms. The van der Waals surface area contributed by atoms with Gasteiger partial charge in [0.2, 0.25) is 0 Å². The average Bonchev–Trinajstić information content (AvgIpc) is 2.97. The van der Waals surface area contributed by atoms with Gasteiger partial charge in [-0.2, -0.15) is 0 Å².